The summed E-state index contributed by atoms with van der Waals surface area (Å²) in [6.07, 6.45) is 3.67. The fourth-order valence-electron chi connectivity index (χ4n) is 9.39. The third-order valence-electron chi connectivity index (χ3n) is 12.0. The van der Waals surface area contributed by atoms with Crippen LogP contribution in [0, 0.1) is 0 Å². The predicted octanol–water partition coefficient (Wildman–Crippen LogP) is 12.0. The average molecular weight is 775 g/mol. The third kappa shape index (κ3) is 4.99. The highest BCUT2D eigenvalue weighted by molar-refractivity contribution is 7.85. The van der Waals surface area contributed by atoms with Crippen LogP contribution in [0.15, 0.2) is 213 Å². The molecule has 12 aromatic rings. The van der Waals surface area contributed by atoms with Crippen molar-refractivity contribution in [3.8, 4) is 17.1 Å². The van der Waals surface area contributed by atoms with Crippen LogP contribution in [0.1, 0.15) is 0 Å². The van der Waals surface area contributed by atoms with Gasteiger partial charge in [0, 0.05) is 65.8 Å². The first-order valence-corrected chi connectivity index (χ1v) is 21.6. The molecule has 0 fully saturated rings. The first kappa shape index (κ1) is 33.7. The Morgan fingerprint density at radius 1 is 0.305 bits per heavy atom. The standard InChI is InChI=1S/C53H35N4OP/c58-59(39-15-3-1-4-16-39,40-17-5-2-6-18-40)41-31-38(34-54-35-41)57-52-29-27-36(55-48-23-11-7-19-42(48)43-20-8-12-24-49(43)55)32-46(52)47-33-37(28-30-53(47)57)56-50-25-13-9-21-44(50)45-22-10-14-26-51(45)56/h1-35H. The third-order valence-corrected chi connectivity index (χ3v) is 15.0. The first-order valence-electron chi connectivity index (χ1n) is 19.9. The lowest BCUT2D eigenvalue weighted by Crippen LogP contribution is -2.25. The zero-order valence-corrected chi connectivity index (χ0v) is 32.7. The molecule has 6 heteroatoms. The summed E-state index contributed by atoms with van der Waals surface area (Å²) in [4.78, 5) is 4.82. The Morgan fingerprint density at radius 2 is 0.661 bits per heavy atom. The molecule has 0 bridgehead atoms. The van der Waals surface area contributed by atoms with E-state index < -0.39 is 7.14 Å². The van der Waals surface area contributed by atoms with E-state index in [0.717, 1.165) is 71.5 Å². The van der Waals surface area contributed by atoms with Gasteiger partial charge in [-0.05, 0) is 66.7 Å². The SMILES string of the molecule is O=P(c1ccccc1)(c1ccccc1)c1cncc(-n2c3ccc(-n4c5ccccc5c5ccccc54)cc3c3cc(-n4c5ccccc5c5ccccc54)ccc32)c1. The number of fused-ring (bicyclic) bond motifs is 9. The maximum atomic E-state index is 15.6. The predicted molar refractivity (Wildman–Crippen MR) is 247 cm³/mol. The number of rotatable bonds is 6. The van der Waals surface area contributed by atoms with Crippen LogP contribution in [0.5, 0.6) is 0 Å². The van der Waals surface area contributed by atoms with Crippen molar-refractivity contribution in [2.75, 3.05) is 0 Å². The van der Waals surface area contributed by atoms with Gasteiger partial charge in [-0.2, -0.15) is 0 Å². The topological polar surface area (TPSA) is 44.8 Å². The van der Waals surface area contributed by atoms with E-state index in [-0.39, 0.29) is 0 Å². The molecular formula is C53H35N4OP. The number of para-hydroxylation sites is 4. The van der Waals surface area contributed by atoms with Crippen molar-refractivity contribution in [2.45, 2.75) is 0 Å². The highest BCUT2D eigenvalue weighted by Crippen LogP contribution is 2.44. The van der Waals surface area contributed by atoms with Gasteiger partial charge in [-0.15, -0.1) is 0 Å². The van der Waals surface area contributed by atoms with Crippen LogP contribution >= 0.6 is 7.14 Å². The fourth-order valence-corrected chi connectivity index (χ4v) is 12.0. The van der Waals surface area contributed by atoms with Crippen LogP contribution in [0.25, 0.3) is 82.5 Å². The zero-order chi connectivity index (χ0) is 39.1. The number of nitrogens with zero attached hydrogens (tertiary/aromatic N) is 4. The summed E-state index contributed by atoms with van der Waals surface area (Å²) >= 11 is 0. The van der Waals surface area contributed by atoms with Gasteiger partial charge >= 0.3 is 0 Å². The Bertz CT molecular complexity index is 3330. The van der Waals surface area contributed by atoms with Crippen molar-refractivity contribution in [3.05, 3.63) is 213 Å². The fraction of sp³-hybridized carbons (Fsp3) is 0. The Morgan fingerprint density at radius 3 is 1.08 bits per heavy atom. The van der Waals surface area contributed by atoms with Gasteiger partial charge in [-0.3, -0.25) is 4.98 Å². The average Bonchev–Trinajstić information content (AvgIpc) is 3.94. The lowest BCUT2D eigenvalue weighted by molar-refractivity contribution is 0.592. The zero-order valence-electron chi connectivity index (χ0n) is 31.9. The monoisotopic (exact) mass is 774 g/mol. The molecule has 0 radical (unpaired) electrons. The summed E-state index contributed by atoms with van der Waals surface area (Å²) in [6.45, 7) is 0. The second kappa shape index (κ2) is 13.0. The number of hydrogen-bond acceptors (Lipinski definition) is 2. The minimum Gasteiger partial charge on any atom is -0.309 e. The molecule has 0 aliphatic heterocycles. The molecule has 0 atom stereocenters. The van der Waals surface area contributed by atoms with E-state index in [4.69, 9.17) is 4.98 Å². The van der Waals surface area contributed by atoms with Crippen molar-refractivity contribution in [2.24, 2.45) is 0 Å². The Labute approximate surface area is 340 Å². The largest absolute Gasteiger partial charge is 0.309 e. The molecule has 0 unspecified atom stereocenters. The van der Waals surface area contributed by atoms with Gasteiger partial charge in [0.2, 0.25) is 0 Å². The molecule has 5 nitrogen and oxygen atoms in total. The minimum absolute atomic E-state index is 0.686. The van der Waals surface area contributed by atoms with E-state index in [9.17, 15) is 0 Å². The van der Waals surface area contributed by atoms with Crippen molar-refractivity contribution in [3.63, 3.8) is 0 Å². The molecule has 0 saturated carbocycles. The van der Waals surface area contributed by atoms with Gasteiger partial charge in [0.15, 0.2) is 7.14 Å². The molecule has 278 valence electrons. The second-order valence-corrected chi connectivity index (χ2v) is 17.9. The van der Waals surface area contributed by atoms with Gasteiger partial charge in [-0.25, -0.2) is 0 Å². The lowest BCUT2D eigenvalue weighted by Gasteiger charge is -2.20. The van der Waals surface area contributed by atoms with Crippen LogP contribution in [-0.4, -0.2) is 18.7 Å². The van der Waals surface area contributed by atoms with E-state index in [1.807, 2.05) is 66.9 Å². The van der Waals surface area contributed by atoms with Crippen molar-refractivity contribution in [1.29, 1.82) is 0 Å². The van der Waals surface area contributed by atoms with Crippen molar-refractivity contribution in [1.82, 2.24) is 18.7 Å². The summed E-state index contributed by atoms with van der Waals surface area (Å²) in [6, 6.07) is 69.8. The number of pyridine rings is 1. The number of benzene rings is 8. The smallest absolute Gasteiger partial charge is 0.172 e. The number of aromatic nitrogens is 4. The summed E-state index contributed by atoms with van der Waals surface area (Å²) in [5.74, 6) is 0. The maximum Gasteiger partial charge on any atom is 0.172 e. The molecule has 59 heavy (non-hydrogen) atoms. The molecule has 0 N–H and O–H groups in total. The van der Waals surface area contributed by atoms with Crippen LogP contribution in [0.3, 0.4) is 0 Å². The highest BCUT2D eigenvalue weighted by atomic mass is 31.2. The van der Waals surface area contributed by atoms with E-state index in [1.54, 1.807) is 6.20 Å². The molecule has 0 amide bonds. The molecule has 0 saturated heterocycles. The van der Waals surface area contributed by atoms with E-state index in [1.165, 1.54) is 21.5 Å². The van der Waals surface area contributed by atoms with E-state index in [2.05, 4.69) is 153 Å². The summed E-state index contributed by atoms with van der Waals surface area (Å²) in [5, 5.41) is 9.37. The quantitative estimate of drug-likeness (QED) is 0.158. The van der Waals surface area contributed by atoms with Crippen molar-refractivity contribution >= 4 is 88.5 Å². The first-order chi connectivity index (χ1) is 29.2. The molecular weight excluding hydrogens is 740 g/mol. The summed E-state index contributed by atoms with van der Waals surface area (Å²) < 4.78 is 22.6. The van der Waals surface area contributed by atoms with Gasteiger partial charge in [0.05, 0.1) is 45.0 Å². The van der Waals surface area contributed by atoms with Crippen molar-refractivity contribution < 1.29 is 4.57 Å². The summed E-state index contributed by atoms with van der Waals surface area (Å²) in [7, 11) is -3.28. The Kier molecular flexibility index (Phi) is 7.44. The van der Waals surface area contributed by atoms with Gasteiger partial charge in [0.1, 0.15) is 0 Å². The maximum absolute atomic E-state index is 15.6. The van der Waals surface area contributed by atoms with Gasteiger partial charge < -0.3 is 18.3 Å². The summed E-state index contributed by atoms with van der Waals surface area (Å²) in [5.41, 5.74) is 9.75. The molecule has 8 aromatic carbocycles. The molecule has 4 heterocycles. The second-order valence-electron chi connectivity index (χ2n) is 15.2. The molecule has 0 aliphatic rings. The van der Waals surface area contributed by atoms with Crippen LogP contribution in [-0.2, 0) is 4.57 Å². The van der Waals surface area contributed by atoms with Gasteiger partial charge in [-0.1, -0.05) is 133 Å². The normalized spacial score (nSPS) is 12.1. The van der Waals surface area contributed by atoms with Gasteiger partial charge in [0.25, 0.3) is 0 Å². The lowest BCUT2D eigenvalue weighted by atomic mass is 10.1. The highest BCUT2D eigenvalue weighted by Gasteiger charge is 2.31. The molecule has 0 spiro atoms. The molecule has 0 aliphatic carbocycles. The van der Waals surface area contributed by atoms with E-state index >= 15 is 4.57 Å². The Balaban J connectivity index is 1.14. The van der Waals surface area contributed by atoms with Crippen LogP contribution in [0.2, 0.25) is 0 Å². The van der Waals surface area contributed by atoms with E-state index in [0.29, 0.717) is 5.30 Å². The molecule has 4 aromatic heterocycles. The minimum atomic E-state index is -3.28. The molecule has 12 rings (SSSR count). The van der Waals surface area contributed by atoms with Crippen LogP contribution < -0.4 is 15.9 Å². The Hall–Kier alpha value is -7.46. The number of hydrogen-bond donors (Lipinski definition) is 0. The van der Waals surface area contributed by atoms with Crippen LogP contribution in [0.4, 0.5) is 0 Å².